The van der Waals surface area contributed by atoms with E-state index in [1.807, 2.05) is 0 Å². The van der Waals surface area contributed by atoms with E-state index < -0.39 is 11.8 Å². The molecule has 0 unspecified atom stereocenters. The van der Waals surface area contributed by atoms with Crippen LogP contribution >= 0.6 is 0 Å². The van der Waals surface area contributed by atoms with Crippen LogP contribution in [0.3, 0.4) is 0 Å². The third-order valence-corrected chi connectivity index (χ3v) is 3.84. The molecule has 0 aromatic carbocycles. The van der Waals surface area contributed by atoms with Crippen molar-refractivity contribution in [2.24, 2.45) is 0 Å². The lowest BCUT2D eigenvalue weighted by Crippen LogP contribution is -2.08. The maximum atomic E-state index is 13.3. The fourth-order valence-electron chi connectivity index (χ4n) is 2.72. The molecule has 0 saturated carbocycles. The number of rotatable bonds is 5. The molecule has 0 saturated heterocycles. The zero-order chi connectivity index (χ0) is 19.7. The van der Waals surface area contributed by atoms with Crippen molar-refractivity contribution in [3.8, 4) is 11.5 Å². The van der Waals surface area contributed by atoms with Crippen molar-refractivity contribution in [2.75, 3.05) is 0 Å². The molecule has 4 aromatic heterocycles. The van der Waals surface area contributed by atoms with Crippen molar-refractivity contribution < 1.29 is 18.3 Å². The molecule has 4 aromatic rings. The topological polar surface area (TPSA) is 82.3 Å². The maximum absolute atomic E-state index is 13.3. The lowest BCUT2D eigenvalue weighted by molar-refractivity contribution is 0.0992. The molecule has 0 N–H and O–H groups in total. The monoisotopic (exact) mass is 381 g/mol. The second kappa shape index (κ2) is 7.10. The van der Waals surface area contributed by atoms with Crippen molar-refractivity contribution in [1.82, 2.24) is 24.6 Å². The fourth-order valence-corrected chi connectivity index (χ4v) is 2.72. The van der Waals surface area contributed by atoms with E-state index >= 15 is 0 Å². The van der Waals surface area contributed by atoms with Gasteiger partial charge in [0.15, 0.2) is 11.4 Å². The molecule has 0 atom stereocenters. The molecular formula is C19H13F2N5O2. The largest absolute Gasteiger partial charge is 0.454 e. The molecule has 7 nitrogen and oxygen atoms in total. The van der Waals surface area contributed by atoms with Gasteiger partial charge in [-0.15, -0.1) is 0 Å². The van der Waals surface area contributed by atoms with E-state index in [0.717, 1.165) is 6.20 Å². The summed E-state index contributed by atoms with van der Waals surface area (Å²) < 4.78 is 33.7. The van der Waals surface area contributed by atoms with Crippen LogP contribution in [0.2, 0.25) is 0 Å². The van der Waals surface area contributed by atoms with Crippen molar-refractivity contribution in [3.63, 3.8) is 0 Å². The molecule has 0 fully saturated rings. The molecule has 4 rings (SSSR count). The van der Waals surface area contributed by atoms with E-state index in [2.05, 4.69) is 20.1 Å². The molecule has 0 aliphatic rings. The number of hydrogen-bond acceptors (Lipinski definition) is 6. The van der Waals surface area contributed by atoms with Crippen molar-refractivity contribution >= 4 is 11.4 Å². The molecular weight excluding hydrogens is 368 g/mol. The Hall–Kier alpha value is -3.75. The number of ketones is 1. The first-order valence-electron chi connectivity index (χ1n) is 8.28. The van der Waals surface area contributed by atoms with E-state index in [9.17, 15) is 13.6 Å². The summed E-state index contributed by atoms with van der Waals surface area (Å²) >= 11 is 0. The lowest BCUT2D eigenvalue weighted by atomic mass is 10.1. The van der Waals surface area contributed by atoms with Crippen LogP contribution in [0.4, 0.5) is 8.78 Å². The van der Waals surface area contributed by atoms with Crippen LogP contribution in [0.15, 0.2) is 48.9 Å². The van der Waals surface area contributed by atoms with Crippen LogP contribution in [0.5, 0.6) is 11.5 Å². The van der Waals surface area contributed by atoms with E-state index in [1.165, 1.54) is 41.2 Å². The molecule has 28 heavy (non-hydrogen) atoms. The van der Waals surface area contributed by atoms with E-state index in [1.54, 1.807) is 13.0 Å². The first-order chi connectivity index (χ1) is 13.5. The number of nitrogens with zero attached hydrogens (tertiary/aromatic N) is 5. The zero-order valence-electron chi connectivity index (χ0n) is 14.6. The highest BCUT2D eigenvalue weighted by Gasteiger charge is 2.17. The van der Waals surface area contributed by atoms with Crippen molar-refractivity contribution in [1.29, 1.82) is 0 Å². The van der Waals surface area contributed by atoms with Crippen LogP contribution in [0, 0.1) is 18.7 Å². The number of carbonyl (C=O) groups excluding carboxylic acids is 1. The number of halogens is 2. The summed E-state index contributed by atoms with van der Waals surface area (Å²) in [5.41, 5.74) is 0.859. The Morgan fingerprint density at radius 2 is 2.00 bits per heavy atom. The third kappa shape index (κ3) is 3.68. The first-order valence-corrected chi connectivity index (χ1v) is 8.28. The molecule has 0 aliphatic carbocycles. The summed E-state index contributed by atoms with van der Waals surface area (Å²) in [4.78, 5) is 24.5. The van der Waals surface area contributed by atoms with Crippen LogP contribution in [-0.2, 0) is 6.42 Å². The molecule has 9 heteroatoms. The zero-order valence-corrected chi connectivity index (χ0v) is 14.6. The second-order valence-corrected chi connectivity index (χ2v) is 6.01. The Morgan fingerprint density at radius 3 is 2.79 bits per heavy atom. The Balaban J connectivity index is 1.72. The Morgan fingerprint density at radius 1 is 1.14 bits per heavy atom. The number of ether oxygens (including phenoxy) is 1. The number of aromatic nitrogens is 5. The van der Waals surface area contributed by atoms with Crippen molar-refractivity contribution in [2.45, 2.75) is 13.3 Å². The van der Waals surface area contributed by atoms with Gasteiger partial charge in [0.2, 0.25) is 5.95 Å². The smallest absolute Gasteiger partial charge is 0.213 e. The van der Waals surface area contributed by atoms with Gasteiger partial charge in [-0.1, -0.05) is 6.07 Å². The SMILES string of the molecule is Cc1nc2c(C(=O)Cc3cccc(F)n3)cc(Oc3cncc(F)c3)cn2n1. The minimum Gasteiger partial charge on any atom is -0.454 e. The number of aryl methyl sites for hydroxylation is 1. The van der Waals surface area contributed by atoms with Gasteiger partial charge in [-0.2, -0.15) is 9.49 Å². The van der Waals surface area contributed by atoms with Gasteiger partial charge in [0.25, 0.3) is 0 Å². The quantitative estimate of drug-likeness (QED) is 0.390. The summed E-state index contributed by atoms with van der Waals surface area (Å²) in [5, 5.41) is 4.21. The minimum absolute atomic E-state index is 0.121. The van der Waals surface area contributed by atoms with Crippen molar-refractivity contribution in [3.05, 3.63) is 77.8 Å². The first kappa shape index (κ1) is 17.7. The van der Waals surface area contributed by atoms with Gasteiger partial charge in [0.1, 0.15) is 23.1 Å². The van der Waals surface area contributed by atoms with Crippen LogP contribution in [0.25, 0.3) is 5.65 Å². The number of hydrogen-bond donors (Lipinski definition) is 0. The fraction of sp³-hybridized carbons (Fsp3) is 0.105. The molecule has 0 spiro atoms. The summed E-state index contributed by atoms with van der Waals surface area (Å²) in [6.07, 6.45) is 3.80. The van der Waals surface area contributed by atoms with E-state index in [-0.39, 0.29) is 29.3 Å². The predicted octanol–water partition coefficient (Wildman–Crippen LogP) is 3.32. The molecule has 140 valence electrons. The van der Waals surface area contributed by atoms with Crippen LogP contribution in [-0.4, -0.2) is 30.3 Å². The molecule has 0 amide bonds. The Labute approximate surface area is 157 Å². The van der Waals surface area contributed by atoms with E-state index in [4.69, 9.17) is 4.74 Å². The number of carbonyl (C=O) groups is 1. The average Bonchev–Trinajstić information content (AvgIpc) is 3.01. The Kier molecular flexibility index (Phi) is 4.48. The summed E-state index contributed by atoms with van der Waals surface area (Å²) in [6.45, 7) is 1.69. The average molecular weight is 381 g/mol. The Bertz CT molecular complexity index is 1190. The van der Waals surface area contributed by atoms with Gasteiger partial charge < -0.3 is 4.74 Å². The second-order valence-electron chi connectivity index (χ2n) is 6.01. The molecule has 0 radical (unpaired) electrons. The highest BCUT2D eigenvalue weighted by atomic mass is 19.1. The number of pyridine rings is 3. The summed E-state index contributed by atoms with van der Waals surface area (Å²) in [5.74, 6) is -0.671. The highest BCUT2D eigenvalue weighted by molar-refractivity contribution is 6.02. The molecule has 0 bridgehead atoms. The molecule has 4 heterocycles. The molecule has 0 aliphatic heterocycles. The maximum Gasteiger partial charge on any atom is 0.213 e. The third-order valence-electron chi connectivity index (χ3n) is 3.84. The predicted molar refractivity (Wildman–Crippen MR) is 94.2 cm³/mol. The van der Waals surface area contributed by atoms with Crippen LogP contribution < -0.4 is 4.74 Å². The standard InChI is InChI=1S/C19H13F2N5O2/c1-11-23-19-16(17(27)6-13-3-2-4-18(21)24-13)7-15(10-26(19)25-11)28-14-5-12(20)8-22-9-14/h2-5,7-10H,6H2,1H3. The summed E-state index contributed by atoms with van der Waals surface area (Å²) in [6, 6.07) is 6.90. The van der Waals surface area contributed by atoms with Gasteiger partial charge in [-0.05, 0) is 25.1 Å². The summed E-state index contributed by atoms with van der Waals surface area (Å²) in [7, 11) is 0. The van der Waals surface area contributed by atoms with Gasteiger partial charge in [0, 0.05) is 6.07 Å². The van der Waals surface area contributed by atoms with Gasteiger partial charge in [0.05, 0.1) is 36.3 Å². The lowest BCUT2D eigenvalue weighted by Gasteiger charge is -2.08. The minimum atomic E-state index is -0.663. The van der Waals surface area contributed by atoms with Crippen LogP contribution in [0.1, 0.15) is 21.9 Å². The highest BCUT2D eigenvalue weighted by Crippen LogP contribution is 2.25. The van der Waals surface area contributed by atoms with Gasteiger partial charge >= 0.3 is 0 Å². The number of fused-ring (bicyclic) bond motifs is 1. The van der Waals surface area contributed by atoms with Gasteiger partial charge in [-0.25, -0.2) is 18.9 Å². The van der Waals surface area contributed by atoms with E-state index in [0.29, 0.717) is 17.2 Å². The normalized spacial score (nSPS) is 11.0. The van der Waals surface area contributed by atoms with Gasteiger partial charge in [-0.3, -0.25) is 9.78 Å². The number of Topliss-reactive ketones (excluding diaryl/α,β-unsaturated/α-hetero) is 1.